The molecule has 2 aliphatic rings. The van der Waals surface area contributed by atoms with Gasteiger partial charge in [-0.05, 0) is 47.8 Å². The molecule has 0 aliphatic carbocycles. The Bertz CT molecular complexity index is 977. The molecule has 1 atom stereocenters. The number of aromatic nitrogens is 1. The van der Waals surface area contributed by atoms with Crippen molar-refractivity contribution in [1.29, 1.82) is 0 Å². The van der Waals surface area contributed by atoms with Crippen molar-refractivity contribution in [2.45, 2.75) is 12.5 Å². The molecule has 0 bridgehead atoms. The third-order valence-electron chi connectivity index (χ3n) is 5.84. The first-order chi connectivity index (χ1) is 13.2. The fraction of sp³-hybridized carbons (Fsp3) is 0.364. The lowest BCUT2D eigenvalue weighted by atomic mass is 9.83. The number of fused-ring (bicyclic) bond motifs is 2. The Morgan fingerprint density at radius 2 is 1.96 bits per heavy atom. The summed E-state index contributed by atoms with van der Waals surface area (Å²) in [5.74, 6) is -0.0381. The minimum atomic E-state index is -0.0846. The average molecular weight is 365 g/mol. The molecule has 0 amide bonds. The van der Waals surface area contributed by atoms with Gasteiger partial charge in [0.15, 0.2) is 0 Å². The monoisotopic (exact) mass is 365 g/mol. The second-order valence-corrected chi connectivity index (χ2v) is 7.67. The Morgan fingerprint density at radius 3 is 2.81 bits per heavy atom. The predicted molar refractivity (Wildman–Crippen MR) is 106 cm³/mol. The van der Waals surface area contributed by atoms with Gasteiger partial charge in [-0.15, -0.1) is 0 Å². The van der Waals surface area contributed by atoms with Crippen LogP contribution in [0.2, 0.25) is 0 Å². The van der Waals surface area contributed by atoms with E-state index in [0.717, 1.165) is 54.1 Å². The number of nitrogens with one attached hydrogen (secondary N) is 1. The van der Waals surface area contributed by atoms with Crippen LogP contribution in [0.1, 0.15) is 22.6 Å². The van der Waals surface area contributed by atoms with E-state index in [1.165, 1.54) is 5.39 Å². The van der Waals surface area contributed by atoms with Gasteiger partial charge in [0.05, 0.1) is 13.2 Å². The number of halogens is 1. The fourth-order valence-electron chi connectivity index (χ4n) is 4.50. The zero-order valence-corrected chi connectivity index (χ0v) is 15.5. The molecule has 2 aliphatic heterocycles. The Labute approximate surface area is 158 Å². The molecular formula is C22H24FN3O. The molecule has 0 spiro atoms. The molecule has 3 aromatic rings. The topological polar surface area (TPSA) is 31.5 Å². The molecule has 3 heterocycles. The fourth-order valence-corrected chi connectivity index (χ4v) is 4.50. The number of ether oxygens (including phenoxy) is 1. The van der Waals surface area contributed by atoms with Crippen LogP contribution in [0.4, 0.5) is 10.1 Å². The number of hydrogen-bond donors (Lipinski definition) is 1. The maximum Gasteiger partial charge on any atom is 0.129 e. The Kier molecular flexibility index (Phi) is 4.14. The summed E-state index contributed by atoms with van der Waals surface area (Å²) >= 11 is 0. The van der Waals surface area contributed by atoms with Gasteiger partial charge in [0.1, 0.15) is 5.82 Å². The first-order valence-corrected chi connectivity index (χ1v) is 9.59. The van der Waals surface area contributed by atoms with Crippen molar-refractivity contribution in [2.24, 2.45) is 0 Å². The molecule has 1 unspecified atom stereocenters. The standard InChI is InChI=1S/C22H24FN3O/c1-25-13-17-10-18(26-6-8-27-9-7-26)12-20(23)22(17)19(14-25)16-3-2-15-4-5-24-21(15)11-16/h2-5,10-12,19,24H,6-9,13-14H2,1H3. The largest absolute Gasteiger partial charge is 0.378 e. The summed E-state index contributed by atoms with van der Waals surface area (Å²) in [6.07, 6.45) is 1.95. The lowest BCUT2D eigenvalue weighted by Crippen LogP contribution is -2.37. The van der Waals surface area contributed by atoms with Gasteiger partial charge >= 0.3 is 0 Å². The van der Waals surface area contributed by atoms with E-state index in [-0.39, 0.29) is 11.7 Å². The van der Waals surface area contributed by atoms with E-state index in [4.69, 9.17) is 4.74 Å². The first-order valence-electron chi connectivity index (χ1n) is 9.59. The van der Waals surface area contributed by atoms with Crippen molar-refractivity contribution in [3.05, 3.63) is 65.1 Å². The Morgan fingerprint density at radius 1 is 1.11 bits per heavy atom. The van der Waals surface area contributed by atoms with Gasteiger partial charge in [0.25, 0.3) is 0 Å². The lowest BCUT2D eigenvalue weighted by Gasteiger charge is -2.35. The van der Waals surface area contributed by atoms with Crippen molar-refractivity contribution in [1.82, 2.24) is 9.88 Å². The van der Waals surface area contributed by atoms with E-state index in [9.17, 15) is 0 Å². The van der Waals surface area contributed by atoms with Gasteiger partial charge < -0.3 is 19.5 Å². The minimum Gasteiger partial charge on any atom is -0.378 e. The van der Waals surface area contributed by atoms with E-state index in [1.807, 2.05) is 6.20 Å². The van der Waals surface area contributed by atoms with Gasteiger partial charge in [-0.1, -0.05) is 12.1 Å². The number of likely N-dealkylation sites (N-methyl/N-ethyl adjacent to an activating group) is 1. The number of benzene rings is 2. The van der Waals surface area contributed by atoms with Crippen LogP contribution >= 0.6 is 0 Å². The molecule has 1 saturated heterocycles. The van der Waals surface area contributed by atoms with Crippen LogP contribution in [0.15, 0.2) is 42.6 Å². The molecule has 0 saturated carbocycles. The molecule has 1 N–H and O–H groups in total. The number of H-pyrrole nitrogens is 1. The predicted octanol–water partition coefficient (Wildman–Crippen LogP) is 3.72. The molecule has 0 radical (unpaired) electrons. The van der Waals surface area contributed by atoms with E-state index >= 15 is 4.39 Å². The highest BCUT2D eigenvalue weighted by Gasteiger charge is 2.29. The van der Waals surface area contributed by atoms with E-state index in [1.54, 1.807) is 6.07 Å². The normalized spacial score (nSPS) is 20.8. The van der Waals surface area contributed by atoms with E-state index < -0.39 is 0 Å². The quantitative estimate of drug-likeness (QED) is 0.751. The van der Waals surface area contributed by atoms with Crippen molar-refractivity contribution in [2.75, 3.05) is 44.8 Å². The smallest absolute Gasteiger partial charge is 0.129 e. The Hall–Kier alpha value is -2.37. The van der Waals surface area contributed by atoms with Gasteiger partial charge in [-0.2, -0.15) is 0 Å². The maximum absolute atomic E-state index is 15.3. The number of rotatable bonds is 2. The molecule has 5 heteroatoms. The zero-order valence-electron chi connectivity index (χ0n) is 15.5. The van der Waals surface area contributed by atoms with Gasteiger partial charge in [-0.25, -0.2) is 4.39 Å². The Balaban J connectivity index is 1.57. The second-order valence-electron chi connectivity index (χ2n) is 7.67. The molecule has 5 rings (SSSR count). The highest BCUT2D eigenvalue weighted by molar-refractivity contribution is 5.80. The second kappa shape index (κ2) is 6.66. The maximum atomic E-state index is 15.3. The average Bonchev–Trinajstić information content (AvgIpc) is 3.15. The molecule has 27 heavy (non-hydrogen) atoms. The van der Waals surface area contributed by atoms with Crippen LogP contribution in [-0.2, 0) is 11.3 Å². The summed E-state index contributed by atoms with van der Waals surface area (Å²) in [5, 5.41) is 1.19. The number of hydrogen-bond acceptors (Lipinski definition) is 3. The summed E-state index contributed by atoms with van der Waals surface area (Å²) in [4.78, 5) is 7.78. The number of anilines is 1. The number of morpholine rings is 1. The summed E-state index contributed by atoms with van der Waals surface area (Å²) in [5.41, 5.74) is 5.20. The molecule has 1 aromatic heterocycles. The molecule has 2 aromatic carbocycles. The van der Waals surface area contributed by atoms with Crippen molar-refractivity contribution >= 4 is 16.6 Å². The van der Waals surface area contributed by atoms with Crippen LogP contribution in [0.25, 0.3) is 10.9 Å². The highest BCUT2D eigenvalue weighted by Crippen LogP contribution is 2.38. The molecule has 140 valence electrons. The van der Waals surface area contributed by atoms with Crippen LogP contribution in [0.3, 0.4) is 0 Å². The van der Waals surface area contributed by atoms with Crippen molar-refractivity contribution in [3.63, 3.8) is 0 Å². The van der Waals surface area contributed by atoms with Crippen molar-refractivity contribution < 1.29 is 9.13 Å². The number of aromatic amines is 1. The summed E-state index contributed by atoms with van der Waals surface area (Å²) in [7, 11) is 2.11. The summed E-state index contributed by atoms with van der Waals surface area (Å²) in [6.45, 7) is 4.66. The van der Waals surface area contributed by atoms with Crippen LogP contribution < -0.4 is 4.90 Å². The van der Waals surface area contributed by atoms with Crippen LogP contribution in [0.5, 0.6) is 0 Å². The van der Waals surface area contributed by atoms with E-state index in [2.05, 4.69) is 52.2 Å². The SMILES string of the molecule is CN1Cc2cc(N3CCOCC3)cc(F)c2C(c2ccc3cc[nH]c3c2)C1. The first kappa shape index (κ1) is 16.8. The van der Waals surface area contributed by atoms with Gasteiger partial charge in [0.2, 0.25) is 0 Å². The van der Waals surface area contributed by atoms with Gasteiger partial charge in [0, 0.05) is 55.1 Å². The third kappa shape index (κ3) is 3.01. The van der Waals surface area contributed by atoms with Crippen LogP contribution in [-0.4, -0.2) is 49.8 Å². The summed E-state index contributed by atoms with van der Waals surface area (Å²) in [6, 6.07) is 12.4. The zero-order chi connectivity index (χ0) is 18.4. The third-order valence-corrected chi connectivity index (χ3v) is 5.84. The summed E-state index contributed by atoms with van der Waals surface area (Å²) < 4.78 is 20.8. The van der Waals surface area contributed by atoms with Crippen molar-refractivity contribution in [3.8, 4) is 0 Å². The van der Waals surface area contributed by atoms with E-state index in [0.29, 0.717) is 13.2 Å². The molecule has 1 fully saturated rings. The van der Waals surface area contributed by atoms with Gasteiger partial charge in [-0.3, -0.25) is 0 Å². The number of nitrogens with zero attached hydrogens (tertiary/aromatic N) is 2. The lowest BCUT2D eigenvalue weighted by molar-refractivity contribution is 0.122. The molecule has 4 nitrogen and oxygen atoms in total. The minimum absolute atomic E-state index is 0.0465. The highest BCUT2D eigenvalue weighted by atomic mass is 19.1. The molecular weight excluding hydrogens is 341 g/mol. The van der Waals surface area contributed by atoms with Crippen LogP contribution in [0, 0.1) is 5.82 Å².